The van der Waals surface area contributed by atoms with E-state index >= 15 is 0 Å². The molecule has 19 heavy (non-hydrogen) atoms. The minimum absolute atomic E-state index is 0.0584. The Kier molecular flexibility index (Phi) is 6.28. The van der Waals surface area contributed by atoms with Crippen LogP contribution in [0.5, 0.6) is 0 Å². The van der Waals surface area contributed by atoms with Crippen molar-refractivity contribution in [3.8, 4) is 0 Å². The maximum absolute atomic E-state index is 12.4. The van der Waals surface area contributed by atoms with E-state index in [0.29, 0.717) is 12.6 Å². The van der Waals surface area contributed by atoms with Gasteiger partial charge in [0.15, 0.2) is 0 Å². The van der Waals surface area contributed by atoms with Crippen LogP contribution in [0.3, 0.4) is 0 Å². The van der Waals surface area contributed by atoms with Gasteiger partial charge < -0.3 is 15.5 Å². The first-order chi connectivity index (χ1) is 8.93. The van der Waals surface area contributed by atoms with Gasteiger partial charge in [0.25, 0.3) is 0 Å². The molecule has 1 fully saturated rings. The molecule has 2 atom stereocenters. The van der Waals surface area contributed by atoms with Gasteiger partial charge in [-0.05, 0) is 47.1 Å². The third kappa shape index (κ3) is 5.19. The van der Waals surface area contributed by atoms with Crippen LogP contribution in [-0.2, 0) is 9.59 Å². The predicted octanol–water partition coefficient (Wildman–Crippen LogP) is 0.748. The lowest BCUT2D eigenvalue weighted by Crippen LogP contribution is -2.47. The lowest BCUT2D eigenvalue weighted by Gasteiger charge is -2.31. The number of likely N-dealkylation sites (N-methyl/N-ethyl adjacent to an activating group) is 1. The molecule has 2 N–H and O–H groups in total. The van der Waals surface area contributed by atoms with Crippen molar-refractivity contribution in [2.75, 3.05) is 19.6 Å². The minimum Gasteiger partial charge on any atom is -0.352 e. The van der Waals surface area contributed by atoms with Crippen LogP contribution in [0.1, 0.15) is 40.5 Å². The molecule has 2 unspecified atom stereocenters. The van der Waals surface area contributed by atoms with Crippen LogP contribution in [0.15, 0.2) is 0 Å². The maximum atomic E-state index is 12.4. The highest BCUT2D eigenvalue weighted by Gasteiger charge is 2.28. The van der Waals surface area contributed by atoms with Crippen molar-refractivity contribution in [2.24, 2.45) is 5.92 Å². The highest BCUT2D eigenvalue weighted by Crippen LogP contribution is 2.18. The van der Waals surface area contributed by atoms with E-state index < -0.39 is 0 Å². The van der Waals surface area contributed by atoms with Gasteiger partial charge in [-0.2, -0.15) is 0 Å². The molecule has 0 aromatic carbocycles. The average molecular weight is 269 g/mol. The first-order valence-electron chi connectivity index (χ1n) is 7.25. The van der Waals surface area contributed by atoms with E-state index in [0.717, 1.165) is 19.4 Å². The Morgan fingerprint density at radius 3 is 2.63 bits per heavy atom. The second-order valence-electron chi connectivity index (χ2n) is 5.65. The quantitative estimate of drug-likeness (QED) is 0.774. The van der Waals surface area contributed by atoms with Crippen LogP contribution in [0.4, 0.5) is 0 Å². The summed E-state index contributed by atoms with van der Waals surface area (Å²) in [7, 11) is 0. The normalized spacial score (nSPS) is 23.2. The molecule has 0 aromatic rings. The third-order valence-electron chi connectivity index (χ3n) is 3.45. The molecule has 2 amide bonds. The van der Waals surface area contributed by atoms with E-state index in [2.05, 4.69) is 17.6 Å². The summed E-state index contributed by atoms with van der Waals surface area (Å²) in [4.78, 5) is 25.8. The summed E-state index contributed by atoms with van der Waals surface area (Å²) < 4.78 is 0. The first-order valence-corrected chi connectivity index (χ1v) is 7.25. The topological polar surface area (TPSA) is 61.4 Å². The molecule has 0 spiro atoms. The fourth-order valence-electron chi connectivity index (χ4n) is 2.50. The number of carbonyl (C=O) groups is 2. The number of hydrogen-bond acceptors (Lipinski definition) is 3. The number of rotatable bonds is 5. The van der Waals surface area contributed by atoms with Crippen molar-refractivity contribution in [1.29, 1.82) is 0 Å². The van der Waals surface area contributed by atoms with E-state index in [1.165, 1.54) is 0 Å². The van der Waals surface area contributed by atoms with Crippen LogP contribution >= 0.6 is 0 Å². The van der Waals surface area contributed by atoms with Gasteiger partial charge in [0.05, 0.1) is 6.54 Å². The predicted molar refractivity (Wildman–Crippen MR) is 75.7 cm³/mol. The molecule has 0 radical (unpaired) electrons. The number of nitrogens with zero attached hydrogens (tertiary/aromatic N) is 1. The van der Waals surface area contributed by atoms with Crippen LogP contribution in [0.2, 0.25) is 0 Å². The van der Waals surface area contributed by atoms with E-state index in [-0.39, 0.29) is 30.3 Å². The molecule has 5 heteroatoms. The Bertz CT molecular complexity index is 318. The summed E-state index contributed by atoms with van der Waals surface area (Å²) in [5.74, 6) is 0.102. The first kappa shape index (κ1) is 16.0. The van der Waals surface area contributed by atoms with Gasteiger partial charge in [-0.1, -0.05) is 0 Å². The van der Waals surface area contributed by atoms with Gasteiger partial charge in [0.2, 0.25) is 11.8 Å². The smallest absolute Gasteiger partial charge is 0.239 e. The molecule has 0 bridgehead atoms. The number of amides is 2. The van der Waals surface area contributed by atoms with Crippen molar-refractivity contribution in [1.82, 2.24) is 15.5 Å². The second kappa shape index (κ2) is 7.48. The highest BCUT2D eigenvalue weighted by molar-refractivity contribution is 5.86. The average Bonchev–Trinajstić information content (AvgIpc) is 2.34. The van der Waals surface area contributed by atoms with E-state index in [1.54, 1.807) is 4.90 Å². The summed E-state index contributed by atoms with van der Waals surface area (Å²) in [6.07, 6.45) is 1.73. The van der Waals surface area contributed by atoms with Crippen molar-refractivity contribution in [3.63, 3.8) is 0 Å². The third-order valence-corrected chi connectivity index (χ3v) is 3.45. The Balaban J connectivity index is 2.53. The van der Waals surface area contributed by atoms with Crippen LogP contribution in [0, 0.1) is 5.92 Å². The molecule has 1 saturated heterocycles. The molecule has 0 aromatic heterocycles. The second-order valence-corrected chi connectivity index (χ2v) is 5.65. The van der Waals surface area contributed by atoms with Crippen LogP contribution < -0.4 is 10.6 Å². The summed E-state index contributed by atoms with van der Waals surface area (Å²) in [6.45, 7) is 9.50. The molecule has 0 aliphatic carbocycles. The Morgan fingerprint density at radius 2 is 2.11 bits per heavy atom. The number of nitrogens with one attached hydrogen (secondary N) is 2. The summed E-state index contributed by atoms with van der Waals surface area (Å²) >= 11 is 0. The summed E-state index contributed by atoms with van der Waals surface area (Å²) in [6, 6.07) is 0.492. The van der Waals surface area contributed by atoms with Gasteiger partial charge in [0.1, 0.15) is 0 Å². The Labute approximate surface area is 116 Å². The summed E-state index contributed by atoms with van der Waals surface area (Å²) in [5, 5.41) is 6.17. The Morgan fingerprint density at radius 1 is 1.42 bits per heavy atom. The zero-order valence-electron chi connectivity index (χ0n) is 12.5. The van der Waals surface area contributed by atoms with Crippen molar-refractivity contribution in [2.45, 2.75) is 52.6 Å². The molecule has 110 valence electrons. The maximum Gasteiger partial charge on any atom is 0.239 e. The van der Waals surface area contributed by atoms with Gasteiger partial charge in [-0.3, -0.25) is 9.59 Å². The molecular weight excluding hydrogens is 242 g/mol. The van der Waals surface area contributed by atoms with Crippen molar-refractivity contribution < 1.29 is 9.59 Å². The molecule has 1 rings (SSSR count). The van der Waals surface area contributed by atoms with Crippen LogP contribution in [0.25, 0.3) is 0 Å². The van der Waals surface area contributed by atoms with Gasteiger partial charge in [-0.25, -0.2) is 0 Å². The standard InChI is InChI=1S/C14H27N3O2/c1-5-17(9-13(18)16-10(2)3)14(19)12-6-7-15-11(4)8-12/h10-12,15H,5-9H2,1-4H3,(H,16,18). The lowest BCUT2D eigenvalue weighted by atomic mass is 9.92. The number of carbonyl (C=O) groups excluding carboxylic acids is 2. The SMILES string of the molecule is CCN(CC(=O)NC(C)C)C(=O)C1CCNC(C)C1. The van der Waals surface area contributed by atoms with Crippen LogP contribution in [-0.4, -0.2) is 48.4 Å². The minimum atomic E-state index is -0.0767. The fourth-order valence-corrected chi connectivity index (χ4v) is 2.50. The molecule has 5 nitrogen and oxygen atoms in total. The van der Waals surface area contributed by atoms with Gasteiger partial charge in [-0.15, -0.1) is 0 Å². The highest BCUT2D eigenvalue weighted by atomic mass is 16.2. The van der Waals surface area contributed by atoms with Crippen molar-refractivity contribution in [3.05, 3.63) is 0 Å². The largest absolute Gasteiger partial charge is 0.352 e. The van der Waals surface area contributed by atoms with E-state index in [4.69, 9.17) is 0 Å². The molecule has 1 aliphatic rings. The molecular formula is C14H27N3O2. The zero-order chi connectivity index (χ0) is 14.4. The monoisotopic (exact) mass is 269 g/mol. The molecule has 0 saturated carbocycles. The summed E-state index contributed by atoms with van der Waals surface area (Å²) in [5.41, 5.74) is 0. The van der Waals surface area contributed by atoms with Crippen molar-refractivity contribution >= 4 is 11.8 Å². The lowest BCUT2D eigenvalue weighted by molar-refractivity contribution is -0.140. The number of hydrogen-bond donors (Lipinski definition) is 2. The zero-order valence-corrected chi connectivity index (χ0v) is 12.5. The van der Waals surface area contributed by atoms with E-state index in [1.807, 2.05) is 20.8 Å². The van der Waals surface area contributed by atoms with E-state index in [9.17, 15) is 9.59 Å². The van der Waals surface area contributed by atoms with Gasteiger partial charge >= 0.3 is 0 Å². The number of piperidine rings is 1. The fraction of sp³-hybridized carbons (Fsp3) is 0.857. The molecule has 1 heterocycles. The van der Waals surface area contributed by atoms with Gasteiger partial charge in [0, 0.05) is 24.5 Å². The Hall–Kier alpha value is -1.10. The molecule has 1 aliphatic heterocycles.